The molecule has 0 unspecified atom stereocenters. The van der Waals surface area contributed by atoms with Crippen molar-refractivity contribution in [3.63, 3.8) is 0 Å². The Bertz CT molecular complexity index is 1520. The molecule has 6 nitrogen and oxygen atoms in total. The van der Waals surface area contributed by atoms with Crippen LogP contribution in [0.5, 0.6) is 0 Å². The van der Waals surface area contributed by atoms with Gasteiger partial charge in [0.1, 0.15) is 17.3 Å². The minimum absolute atomic E-state index is 0.155. The second-order valence-corrected chi connectivity index (χ2v) is 8.46. The average molecular weight is 499 g/mol. The molecular weight excluding hydrogens is 480 g/mol. The minimum atomic E-state index is -0.383. The third kappa shape index (κ3) is 5.32. The van der Waals surface area contributed by atoms with E-state index < -0.39 is 0 Å². The summed E-state index contributed by atoms with van der Waals surface area (Å²) in [6.07, 6.45) is 2.95. The number of halogens is 1. The number of aromatic amines is 1. The Morgan fingerprint density at radius 1 is 1.00 bits per heavy atom. The topological polar surface area (TPSA) is 82.9 Å². The minimum Gasteiger partial charge on any atom is -0.457 e. The molecule has 2 heterocycles. The van der Waals surface area contributed by atoms with Crippen LogP contribution < -0.4 is 10.6 Å². The number of anilines is 1. The van der Waals surface area contributed by atoms with Gasteiger partial charge >= 0.3 is 0 Å². The number of hydrogen-bond acceptors (Lipinski definition) is 4. The second kappa shape index (κ2) is 9.97. The van der Waals surface area contributed by atoms with Gasteiger partial charge in [0, 0.05) is 22.9 Å². The van der Waals surface area contributed by atoms with Crippen molar-refractivity contribution in [3.8, 4) is 22.7 Å². The lowest BCUT2D eigenvalue weighted by Gasteiger charge is -2.10. The maximum absolute atomic E-state index is 12.3. The molecule has 0 bridgehead atoms. The molecule has 0 spiro atoms. The van der Waals surface area contributed by atoms with E-state index in [9.17, 15) is 4.79 Å². The maximum atomic E-state index is 12.3. The largest absolute Gasteiger partial charge is 0.457 e. The highest BCUT2D eigenvalue weighted by atomic mass is 35.5. The van der Waals surface area contributed by atoms with E-state index in [1.165, 1.54) is 6.08 Å². The zero-order valence-corrected chi connectivity index (χ0v) is 19.9. The number of H-pyrrole nitrogens is 1. The summed E-state index contributed by atoms with van der Waals surface area (Å²) in [6.45, 7) is 0. The number of carbonyl (C=O) groups excluding carboxylic acids is 1. The summed E-state index contributed by atoms with van der Waals surface area (Å²) in [5.74, 6) is 1.55. The van der Waals surface area contributed by atoms with E-state index in [-0.39, 0.29) is 11.0 Å². The van der Waals surface area contributed by atoms with Crippen molar-refractivity contribution in [3.05, 3.63) is 102 Å². The van der Waals surface area contributed by atoms with Gasteiger partial charge < -0.3 is 14.7 Å². The lowest BCUT2D eigenvalue weighted by Crippen LogP contribution is -2.32. The van der Waals surface area contributed by atoms with Gasteiger partial charge in [-0.3, -0.25) is 10.1 Å². The molecule has 0 saturated carbocycles. The number of amides is 1. The van der Waals surface area contributed by atoms with Gasteiger partial charge in [-0.25, -0.2) is 4.98 Å². The molecule has 2 aromatic heterocycles. The molecule has 0 aliphatic rings. The van der Waals surface area contributed by atoms with Crippen LogP contribution in [0.2, 0.25) is 5.02 Å². The molecule has 0 atom stereocenters. The van der Waals surface area contributed by atoms with Crippen LogP contribution in [0.15, 0.2) is 95.4 Å². The third-order valence-corrected chi connectivity index (χ3v) is 5.72. The molecule has 0 aliphatic heterocycles. The third-order valence-electron chi connectivity index (χ3n) is 5.19. The van der Waals surface area contributed by atoms with E-state index in [1.807, 2.05) is 66.7 Å². The quantitative estimate of drug-likeness (QED) is 0.186. The first-order valence-electron chi connectivity index (χ1n) is 10.8. The van der Waals surface area contributed by atoms with Crippen LogP contribution in [-0.2, 0) is 4.79 Å². The summed E-state index contributed by atoms with van der Waals surface area (Å²) in [7, 11) is 0. The van der Waals surface area contributed by atoms with Crippen LogP contribution in [0, 0.1) is 0 Å². The molecular formula is C27H19ClN4O2S. The molecule has 3 aromatic carbocycles. The van der Waals surface area contributed by atoms with E-state index in [2.05, 4.69) is 20.6 Å². The predicted octanol–water partition coefficient (Wildman–Crippen LogP) is 6.67. The predicted molar refractivity (Wildman–Crippen MR) is 144 cm³/mol. The Hall–Kier alpha value is -4.20. The Labute approximate surface area is 211 Å². The molecule has 1 amide bonds. The van der Waals surface area contributed by atoms with Gasteiger partial charge in [-0.15, -0.1) is 0 Å². The molecule has 8 heteroatoms. The van der Waals surface area contributed by atoms with Gasteiger partial charge in [0.15, 0.2) is 5.11 Å². The highest BCUT2D eigenvalue weighted by Gasteiger charge is 2.11. The number of aromatic nitrogens is 2. The van der Waals surface area contributed by atoms with Crippen molar-refractivity contribution in [1.82, 2.24) is 15.3 Å². The van der Waals surface area contributed by atoms with Crippen molar-refractivity contribution in [2.75, 3.05) is 5.32 Å². The first kappa shape index (κ1) is 22.6. The molecule has 0 aliphatic carbocycles. The first-order chi connectivity index (χ1) is 17.0. The summed E-state index contributed by atoms with van der Waals surface area (Å²) in [5.41, 5.74) is 4.11. The number of imidazole rings is 1. The van der Waals surface area contributed by atoms with Crippen molar-refractivity contribution >= 4 is 57.6 Å². The summed E-state index contributed by atoms with van der Waals surface area (Å²) in [6, 6.07) is 26.5. The van der Waals surface area contributed by atoms with Crippen LogP contribution >= 0.6 is 23.8 Å². The normalized spacial score (nSPS) is 11.1. The van der Waals surface area contributed by atoms with E-state index in [0.29, 0.717) is 27.9 Å². The fraction of sp³-hybridized carbons (Fsp3) is 0. The van der Waals surface area contributed by atoms with Gasteiger partial charge in [0.2, 0.25) is 5.91 Å². The molecule has 0 saturated heterocycles. The van der Waals surface area contributed by atoms with Gasteiger partial charge in [-0.2, -0.15) is 0 Å². The van der Waals surface area contributed by atoms with Crippen molar-refractivity contribution in [2.24, 2.45) is 0 Å². The Balaban J connectivity index is 1.23. The Kier molecular flexibility index (Phi) is 6.43. The Morgan fingerprint density at radius 2 is 1.80 bits per heavy atom. The van der Waals surface area contributed by atoms with Gasteiger partial charge in [-0.1, -0.05) is 54.1 Å². The van der Waals surface area contributed by atoms with Crippen LogP contribution in [0.4, 0.5) is 5.69 Å². The summed E-state index contributed by atoms with van der Waals surface area (Å²) < 4.78 is 5.77. The number of rotatable bonds is 5. The molecule has 0 radical (unpaired) electrons. The van der Waals surface area contributed by atoms with Crippen LogP contribution in [0.1, 0.15) is 5.76 Å². The van der Waals surface area contributed by atoms with Crippen LogP contribution in [0.25, 0.3) is 39.8 Å². The van der Waals surface area contributed by atoms with Gasteiger partial charge in [0.25, 0.3) is 0 Å². The Morgan fingerprint density at radius 3 is 2.63 bits per heavy atom. The monoisotopic (exact) mass is 498 g/mol. The number of furan rings is 1. The smallest absolute Gasteiger partial charge is 0.250 e. The van der Waals surface area contributed by atoms with E-state index >= 15 is 0 Å². The van der Waals surface area contributed by atoms with Gasteiger partial charge in [-0.05, 0) is 60.8 Å². The lowest BCUT2D eigenvalue weighted by molar-refractivity contribution is -0.115. The van der Waals surface area contributed by atoms with Crippen molar-refractivity contribution in [1.29, 1.82) is 0 Å². The molecule has 3 N–H and O–H groups in total. The number of fused-ring (bicyclic) bond motifs is 1. The average Bonchev–Trinajstić information content (AvgIpc) is 3.52. The molecule has 5 aromatic rings. The van der Waals surface area contributed by atoms with E-state index in [1.54, 1.807) is 24.3 Å². The molecule has 5 rings (SSSR count). The molecule has 35 heavy (non-hydrogen) atoms. The van der Waals surface area contributed by atoms with Crippen LogP contribution in [-0.4, -0.2) is 21.0 Å². The van der Waals surface area contributed by atoms with E-state index in [0.717, 1.165) is 22.4 Å². The number of carbonyl (C=O) groups is 1. The highest BCUT2D eigenvalue weighted by molar-refractivity contribution is 7.80. The number of benzene rings is 3. The number of para-hydroxylation sites is 2. The summed E-state index contributed by atoms with van der Waals surface area (Å²) in [4.78, 5) is 20.2. The number of hydrogen-bond donors (Lipinski definition) is 3. The zero-order chi connectivity index (χ0) is 24.2. The van der Waals surface area contributed by atoms with Crippen LogP contribution in [0.3, 0.4) is 0 Å². The van der Waals surface area contributed by atoms with E-state index in [4.69, 9.17) is 28.2 Å². The zero-order valence-electron chi connectivity index (χ0n) is 18.3. The molecule has 172 valence electrons. The first-order valence-corrected chi connectivity index (χ1v) is 11.5. The lowest BCUT2D eigenvalue weighted by atomic mass is 10.2. The summed E-state index contributed by atoms with van der Waals surface area (Å²) >= 11 is 11.7. The van der Waals surface area contributed by atoms with Gasteiger partial charge in [0.05, 0.1) is 16.1 Å². The SMILES string of the molecule is O=C(/C=C/c1ccc(-c2ccccc2)o1)NC(=S)Nc1ccc(Cl)c(-c2nc3ccccc3[nH]2)c1. The molecule has 0 fully saturated rings. The standard InChI is InChI=1S/C27H19ClN4O2S/c28-21-13-10-18(16-20(21)26-30-22-8-4-5-9-23(22)31-26)29-27(35)32-25(33)15-12-19-11-14-24(34-19)17-6-2-1-3-7-17/h1-16H,(H,30,31)(H2,29,32,33,35)/b15-12+. The maximum Gasteiger partial charge on any atom is 0.250 e. The van der Waals surface area contributed by atoms with Crippen molar-refractivity contribution < 1.29 is 9.21 Å². The number of nitrogens with one attached hydrogen (secondary N) is 3. The van der Waals surface area contributed by atoms with Crippen molar-refractivity contribution in [2.45, 2.75) is 0 Å². The summed E-state index contributed by atoms with van der Waals surface area (Å²) in [5, 5.41) is 6.34. The fourth-order valence-corrected chi connectivity index (χ4v) is 3.96. The second-order valence-electron chi connectivity index (χ2n) is 7.64. The number of thiocarbonyl (C=S) groups is 1. The highest BCUT2D eigenvalue weighted by Crippen LogP contribution is 2.30. The fourth-order valence-electron chi connectivity index (χ4n) is 3.54. The number of nitrogens with zero attached hydrogens (tertiary/aromatic N) is 1.